The van der Waals surface area contributed by atoms with Gasteiger partial charge in [0, 0.05) is 29.7 Å². The molecule has 0 saturated heterocycles. The van der Waals surface area contributed by atoms with Crippen LogP contribution in [-0.4, -0.2) is 57.7 Å². The smallest absolute Gasteiger partial charge is 0.264 e. The minimum atomic E-state index is -3.68. The first-order valence-corrected chi connectivity index (χ1v) is 15.9. The molecule has 184 valence electrons. The predicted octanol–water partition coefficient (Wildman–Crippen LogP) is 3.33. The topological polar surface area (TPSA) is 126 Å². The van der Waals surface area contributed by atoms with Crippen molar-refractivity contribution in [1.82, 2.24) is 4.98 Å². The van der Waals surface area contributed by atoms with Crippen molar-refractivity contribution >= 4 is 47.6 Å². The summed E-state index contributed by atoms with van der Waals surface area (Å²) in [5.74, 6) is 0.520. The number of nitrogens with zero attached hydrogens (tertiary/aromatic N) is 1. The van der Waals surface area contributed by atoms with Crippen molar-refractivity contribution in [3.05, 3.63) is 23.5 Å². The van der Waals surface area contributed by atoms with Gasteiger partial charge in [0.05, 0.1) is 30.5 Å². The zero-order valence-electron chi connectivity index (χ0n) is 19.0. The number of pyridine rings is 1. The quantitative estimate of drug-likeness (QED) is 0.178. The number of carbonyl (C=O) groups is 1. The minimum Gasteiger partial charge on any atom is -0.493 e. The van der Waals surface area contributed by atoms with Gasteiger partial charge in [0.15, 0.2) is 0 Å². The molecule has 1 aromatic heterocycles. The Morgan fingerprint density at radius 2 is 1.53 bits per heavy atom. The number of carbonyl (C=O) groups excluding carboxylic acids is 1. The third-order valence-electron chi connectivity index (χ3n) is 3.93. The number of hydrogen-bond donors (Lipinski definition) is 0. The van der Waals surface area contributed by atoms with Gasteiger partial charge in [-0.3, -0.25) is 18.1 Å². The summed E-state index contributed by atoms with van der Waals surface area (Å²) < 4.78 is 60.2. The first-order chi connectivity index (χ1) is 14.7. The molecule has 0 aliphatic heterocycles. The van der Waals surface area contributed by atoms with Gasteiger partial charge in [-0.2, -0.15) is 16.8 Å². The molecule has 0 bridgehead atoms. The zero-order valence-corrected chi connectivity index (χ0v) is 22.2. The van der Waals surface area contributed by atoms with Gasteiger partial charge >= 0.3 is 0 Å². The maximum Gasteiger partial charge on any atom is 0.264 e. The summed E-state index contributed by atoms with van der Waals surface area (Å²) in [4.78, 5) is 16.3. The molecule has 0 amide bonds. The van der Waals surface area contributed by atoms with E-state index in [1.807, 2.05) is 6.26 Å². The summed E-state index contributed by atoms with van der Waals surface area (Å²) in [5, 5.41) is 0. The Balaban J connectivity index is 2.66. The molecule has 0 radical (unpaired) electrons. The summed E-state index contributed by atoms with van der Waals surface area (Å²) in [7, 11) is -3.92. The van der Waals surface area contributed by atoms with Crippen molar-refractivity contribution in [2.24, 2.45) is 0 Å². The van der Waals surface area contributed by atoms with Crippen molar-refractivity contribution in [2.45, 2.75) is 57.5 Å². The average molecular weight is 530 g/mol. The van der Waals surface area contributed by atoms with E-state index in [4.69, 9.17) is 13.1 Å². The molecule has 1 aromatic rings. The lowest BCUT2D eigenvalue weighted by molar-refractivity contribution is -0.119. The van der Waals surface area contributed by atoms with Crippen LogP contribution < -0.4 is 4.74 Å². The first-order valence-electron chi connectivity index (χ1n) is 9.74. The van der Waals surface area contributed by atoms with Gasteiger partial charge in [0.25, 0.3) is 20.2 Å². The Morgan fingerprint density at radius 3 is 2.00 bits per heavy atom. The van der Waals surface area contributed by atoms with E-state index in [1.54, 1.807) is 21.6 Å². The van der Waals surface area contributed by atoms with Crippen molar-refractivity contribution < 1.29 is 34.7 Å². The van der Waals surface area contributed by atoms with Crippen LogP contribution in [0, 0.1) is 0 Å². The number of Topliss-reactive ketones (excluding diaryl/α,β-unsaturated/α-hetero) is 1. The predicted molar refractivity (Wildman–Crippen MR) is 128 cm³/mol. The fourth-order valence-electron chi connectivity index (χ4n) is 2.48. The molecule has 0 aliphatic carbocycles. The standard InChI is InChI=1S/C19H31NO8S4/c1-19(2,30-29-3)9-8-17(21)7-6-10-26-18-11-15(13-27-31(4,22)23)20-16(12-18)14-28-32(5,24)25/h11-12H,6-10,13-14H2,1-5H3. The summed E-state index contributed by atoms with van der Waals surface area (Å²) >= 11 is 0. The highest BCUT2D eigenvalue weighted by Gasteiger charge is 2.19. The van der Waals surface area contributed by atoms with Crippen LogP contribution in [0.3, 0.4) is 0 Å². The number of aromatic nitrogens is 1. The van der Waals surface area contributed by atoms with E-state index < -0.39 is 20.2 Å². The van der Waals surface area contributed by atoms with Gasteiger partial charge in [0.1, 0.15) is 24.7 Å². The van der Waals surface area contributed by atoms with Gasteiger partial charge < -0.3 is 4.74 Å². The molecular formula is C19H31NO8S4. The molecule has 0 spiro atoms. The second kappa shape index (κ2) is 13.1. The monoisotopic (exact) mass is 529 g/mol. The van der Waals surface area contributed by atoms with Crippen molar-refractivity contribution in [2.75, 3.05) is 25.4 Å². The molecular weight excluding hydrogens is 498 g/mol. The number of hydrogen-bond acceptors (Lipinski definition) is 11. The summed E-state index contributed by atoms with van der Waals surface area (Å²) in [6.45, 7) is 3.83. The lowest BCUT2D eigenvalue weighted by Crippen LogP contribution is -2.15. The Hall–Kier alpha value is -0.860. The van der Waals surface area contributed by atoms with Crippen molar-refractivity contribution in [1.29, 1.82) is 0 Å². The normalized spacial score (nSPS) is 12.7. The molecule has 0 atom stereocenters. The molecule has 1 heterocycles. The fourth-order valence-corrected chi connectivity index (χ4v) is 5.39. The van der Waals surface area contributed by atoms with E-state index in [0.29, 0.717) is 25.0 Å². The highest BCUT2D eigenvalue weighted by Crippen LogP contribution is 2.37. The van der Waals surface area contributed by atoms with Crippen LogP contribution >= 0.6 is 21.6 Å². The Morgan fingerprint density at radius 1 is 1.00 bits per heavy atom. The van der Waals surface area contributed by atoms with Crippen molar-refractivity contribution in [3.63, 3.8) is 0 Å². The van der Waals surface area contributed by atoms with Gasteiger partial charge in [-0.25, -0.2) is 0 Å². The maximum atomic E-state index is 12.1. The SMILES string of the molecule is CSSC(C)(C)CCC(=O)CCCOc1cc(COS(C)(=O)=O)nc(COS(C)(=O)=O)c1. The largest absolute Gasteiger partial charge is 0.493 e. The molecule has 0 unspecified atom stereocenters. The Labute approximate surface area is 199 Å². The first kappa shape index (κ1) is 29.2. The maximum absolute atomic E-state index is 12.1. The molecule has 0 aromatic carbocycles. The van der Waals surface area contributed by atoms with E-state index in [2.05, 4.69) is 18.8 Å². The van der Waals surface area contributed by atoms with E-state index >= 15 is 0 Å². The molecule has 0 N–H and O–H groups in total. The van der Waals surface area contributed by atoms with Gasteiger partial charge in [0.2, 0.25) is 0 Å². The van der Waals surface area contributed by atoms with Crippen LogP contribution in [0.1, 0.15) is 50.9 Å². The molecule has 0 fully saturated rings. The molecule has 32 heavy (non-hydrogen) atoms. The van der Waals surface area contributed by atoms with Gasteiger partial charge in [-0.05, 0) is 32.9 Å². The minimum absolute atomic E-state index is 0.0392. The van der Waals surface area contributed by atoms with Gasteiger partial charge in [-0.15, -0.1) is 0 Å². The molecule has 9 nitrogen and oxygen atoms in total. The number of ether oxygens (including phenoxy) is 1. The Bertz CT molecular complexity index is 907. The average Bonchev–Trinajstić information content (AvgIpc) is 2.65. The summed E-state index contributed by atoms with van der Waals surface area (Å²) in [6.07, 6.45) is 6.06. The molecule has 0 aliphatic rings. The lowest BCUT2D eigenvalue weighted by atomic mass is 10.0. The molecule has 0 saturated carbocycles. The number of ketones is 1. The van der Waals surface area contributed by atoms with Crippen LogP contribution in [0.4, 0.5) is 0 Å². The van der Waals surface area contributed by atoms with Crippen LogP contribution in [0.15, 0.2) is 12.1 Å². The van der Waals surface area contributed by atoms with E-state index in [0.717, 1.165) is 18.9 Å². The summed E-state index contributed by atoms with van der Waals surface area (Å²) in [5.41, 5.74) is 0.481. The van der Waals surface area contributed by atoms with Crippen LogP contribution in [0.2, 0.25) is 0 Å². The van der Waals surface area contributed by atoms with Crippen LogP contribution in [-0.2, 0) is 46.6 Å². The zero-order chi connectivity index (χ0) is 24.4. The van der Waals surface area contributed by atoms with E-state index in [9.17, 15) is 21.6 Å². The summed E-state index contributed by atoms with van der Waals surface area (Å²) in [6, 6.07) is 3.00. The molecule has 1 rings (SSSR count). The lowest BCUT2D eigenvalue weighted by Gasteiger charge is -2.21. The van der Waals surface area contributed by atoms with Gasteiger partial charge in [-0.1, -0.05) is 21.6 Å². The Kier molecular flexibility index (Phi) is 12.0. The van der Waals surface area contributed by atoms with Crippen LogP contribution in [0.25, 0.3) is 0 Å². The van der Waals surface area contributed by atoms with E-state index in [1.165, 1.54) is 12.1 Å². The highest BCUT2D eigenvalue weighted by atomic mass is 33.1. The second-order valence-corrected chi connectivity index (χ2v) is 14.1. The van der Waals surface area contributed by atoms with Crippen molar-refractivity contribution in [3.8, 4) is 5.75 Å². The third-order valence-corrected chi connectivity index (χ3v) is 7.70. The third kappa shape index (κ3) is 14.3. The highest BCUT2D eigenvalue weighted by molar-refractivity contribution is 8.76. The van der Waals surface area contributed by atoms with E-state index in [-0.39, 0.29) is 41.7 Å². The molecule has 13 heteroatoms. The fraction of sp³-hybridized carbons (Fsp3) is 0.684. The second-order valence-electron chi connectivity index (χ2n) is 7.72. The van der Waals surface area contributed by atoms with Crippen LogP contribution in [0.5, 0.6) is 5.75 Å². The number of rotatable bonds is 16.